The first-order chi connectivity index (χ1) is 18.4. The van der Waals surface area contributed by atoms with Crippen LogP contribution in [0.2, 0.25) is 0 Å². The first-order valence-corrected chi connectivity index (χ1v) is 13.0. The van der Waals surface area contributed by atoms with Crippen molar-refractivity contribution in [3.8, 4) is 0 Å². The van der Waals surface area contributed by atoms with Crippen LogP contribution < -0.4 is 34.0 Å². The van der Waals surface area contributed by atoms with Gasteiger partial charge in [-0.3, -0.25) is 4.79 Å². The summed E-state index contributed by atoms with van der Waals surface area (Å²) in [5, 5.41) is 65.3. The van der Waals surface area contributed by atoms with Gasteiger partial charge in [0.05, 0.1) is 43.0 Å². The van der Waals surface area contributed by atoms with E-state index in [1.807, 2.05) is 0 Å². The predicted molar refractivity (Wildman–Crippen MR) is 132 cm³/mol. The summed E-state index contributed by atoms with van der Waals surface area (Å²) in [4.78, 5) is 12.6. The predicted octanol–water partition coefficient (Wildman–Crippen LogP) is -7.43. The van der Waals surface area contributed by atoms with Crippen LogP contribution >= 0.6 is 0 Å². The Bertz CT molecular complexity index is 787. The lowest BCUT2D eigenvalue weighted by molar-refractivity contribution is -0.319. The number of aliphatic hydroxyl groups is 6. The van der Waals surface area contributed by atoms with Gasteiger partial charge in [0.25, 0.3) is 0 Å². The van der Waals surface area contributed by atoms with Gasteiger partial charge >= 0.3 is 0 Å². The molecule has 0 bridgehead atoms. The smallest absolute Gasteiger partial charge is 0.249 e. The van der Waals surface area contributed by atoms with E-state index in [0.29, 0.717) is 12.8 Å². The quantitative estimate of drug-likeness (QED) is 0.116. The van der Waals surface area contributed by atoms with Crippen LogP contribution in [0, 0.1) is 0 Å². The lowest BCUT2D eigenvalue weighted by Gasteiger charge is -2.50. The van der Waals surface area contributed by atoms with Crippen LogP contribution in [0.5, 0.6) is 0 Å². The number of carbonyl (C=O) groups is 1. The fourth-order valence-electron chi connectivity index (χ4n) is 5.03. The van der Waals surface area contributed by atoms with Gasteiger partial charge in [-0.15, -0.1) is 0 Å². The fraction of sp³-hybridized carbons (Fsp3) is 0.955. The van der Waals surface area contributed by atoms with Crippen LogP contribution in [0.15, 0.2) is 0 Å². The Morgan fingerprint density at radius 1 is 0.897 bits per heavy atom. The highest BCUT2D eigenvalue weighted by atomic mass is 16.7. The first-order valence-electron chi connectivity index (χ1n) is 13.0. The van der Waals surface area contributed by atoms with Crippen LogP contribution in [0.3, 0.4) is 0 Å². The normalized spacial score (nSPS) is 46.0. The number of aliphatic hydroxyl groups excluding tert-OH is 6. The molecule has 0 aromatic heterocycles. The van der Waals surface area contributed by atoms with Crippen molar-refractivity contribution in [1.82, 2.24) is 5.32 Å². The maximum absolute atomic E-state index is 12.6. The molecule has 1 saturated carbocycles. The molecule has 3 fully saturated rings. The van der Waals surface area contributed by atoms with Gasteiger partial charge in [-0.25, -0.2) is 0 Å². The average molecular weight is 569 g/mol. The first kappa shape index (κ1) is 32.4. The Balaban J connectivity index is 1.88. The van der Waals surface area contributed by atoms with Crippen molar-refractivity contribution in [2.75, 3.05) is 19.7 Å². The summed E-state index contributed by atoms with van der Waals surface area (Å²) >= 11 is 0. The third kappa shape index (κ3) is 7.21. The molecule has 0 radical (unpaired) electrons. The van der Waals surface area contributed by atoms with Crippen LogP contribution in [-0.4, -0.2) is 148 Å². The molecule has 15 atom stereocenters. The molecule has 228 valence electrons. The SMILES string of the molecule is NCC[C@@H](O)C(=O)N[C@@H]1C(O)[C@H](N)C(O[C@@H]2OC(CN)CCC2N)C(O)[C@@H]1O[C@@H]1OC(CO)[C@H](O)[C@H](N)C1O. The number of nitrogens with two attached hydrogens (primary N) is 5. The zero-order valence-electron chi connectivity index (χ0n) is 21.5. The summed E-state index contributed by atoms with van der Waals surface area (Å²) in [7, 11) is 0. The number of hydrogen-bond acceptors (Lipinski definition) is 16. The second-order valence-electron chi connectivity index (χ2n) is 10.3. The fourth-order valence-corrected chi connectivity index (χ4v) is 5.03. The minimum atomic E-state index is -1.68. The van der Waals surface area contributed by atoms with Gasteiger partial charge in [0, 0.05) is 6.54 Å². The third-order valence-electron chi connectivity index (χ3n) is 7.50. The number of nitrogens with one attached hydrogen (secondary N) is 1. The van der Waals surface area contributed by atoms with E-state index < -0.39 is 98.1 Å². The Morgan fingerprint density at radius 3 is 2.18 bits per heavy atom. The second-order valence-corrected chi connectivity index (χ2v) is 10.3. The summed E-state index contributed by atoms with van der Waals surface area (Å²) in [6, 6.07) is -4.65. The van der Waals surface area contributed by atoms with Crippen molar-refractivity contribution in [3.63, 3.8) is 0 Å². The van der Waals surface area contributed by atoms with E-state index in [0.717, 1.165) is 0 Å². The molecule has 39 heavy (non-hydrogen) atoms. The molecule has 0 aromatic rings. The summed E-state index contributed by atoms with van der Waals surface area (Å²) in [5.74, 6) is -0.925. The molecule has 0 spiro atoms. The van der Waals surface area contributed by atoms with Crippen molar-refractivity contribution in [2.24, 2.45) is 28.7 Å². The minimum Gasteiger partial charge on any atom is -0.394 e. The molecule has 2 heterocycles. The number of carbonyl (C=O) groups excluding carboxylic acids is 1. The Kier molecular flexibility index (Phi) is 11.8. The molecular weight excluding hydrogens is 524 g/mol. The van der Waals surface area contributed by atoms with Gasteiger partial charge in [-0.05, 0) is 25.8 Å². The number of hydrogen-bond donors (Lipinski definition) is 12. The van der Waals surface area contributed by atoms with Gasteiger partial charge in [-0.1, -0.05) is 0 Å². The molecule has 0 aromatic carbocycles. The molecule has 2 aliphatic heterocycles. The molecule has 17 N–H and O–H groups in total. The van der Waals surface area contributed by atoms with E-state index in [4.69, 9.17) is 47.6 Å². The van der Waals surface area contributed by atoms with Crippen molar-refractivity contribution in [1.29, 1.82) is 0 Å². The zero-order valence-corrected chi connectivity index (χ0v) is 21.5. The maximum Gasteiger partial charge on any atom is 0.249 e. The van der Waals surface area contributed by atoms with Crippen LogP contribution in [0.1, 0.15) is 19.3 Å². The molecular formula is C22H44N6O11. The lowest BCUT2D eigenvalue weighted by Crippen LogP contribution is -2.74. The Morgan fingerprint density at radius 2 is 1.56 bits per heavy atom. The van der Waals surface area contributed by atoms with Gasteiger partial charge in [0.2, 0.25) is 5.91 Å². The second kappa shape index (κ2) is 14.2. The van der Waals surface area contributed by atoms with Crippen molar-refractivity contribution in [2.45, 2.75) is 111 Å². The maximum atomic E-state index is 12.6. The summed E-state index contributed by atoms with van der Waals surface area (Å²) < 4.78 is 23.0. The number of rotatable bonds is 10. The summed E-state index contributed by atoms with van der Waals surface area (Å²) in [6.45, 7) is -0.469. The van der Waals surface area contributed by atoms with E-state index in [-0.39, 0.29) is 25.6 Å². The number of ether oxygens (including phenoxy) is 4. The average Bonchev–Trinajstić information content (AvgIpc) is 2.92. The van der Waals surface area contributed by atoms with E-state index in [1.54, 1.807) is 0 Å². The monoisotopic (exact) mass is 568 g/mol. The van der Waals surface area contributed by atoms with E-state index in [1.165, 1.54) is 0 Å². The largest absolute Gasteiger partial charge is 0.394 e. The molecule has 3 aliphatic rings. The third-order valence-corrected chi connectivity index (χ3v) is 7.50. The van der Waals surface area contributed by atoms with Crippen molar-refractivity contribution >= 4 is 5.91 Å². The van der Waals surface area contributed by atoms with Crippen molar-refractivity contribution in [3.05, 3.63) is 0 Å². The highest BCUT2D eigenvalue weighted by Crippen LogP contribution is 2.31. The summed E-state index contributed by atoms with van der Waals surface area (Å²) in [6.07, 6.45) is -14.1. The van der Waals surface area contributed by atoms with Gasteiger partial charge < -0.3 is 83.6 Å². The van der Waals surface area contributed by atoms with Crippen LogP contribution in [0.4, 0.5) is 0 Å². The van der Waals surface area contributed by atoms with Crippen LogP contribution in [0.25, 0.3) is 0 Å². The highest BCUT2D eigenvalue weighted by Gasteiger charge is 2.54. The molecule has 1 amide bonds. The number of amides is 1. The van der Waals surface area contributed by atoms with Gasteiger partial charge in [0.15, 0.2) is 12.6 Å². The zero-order chi connectivity index (χ0) is 29.0. The molecule has 7 unspecified atom stereocenters. The van der Waals surface area contributed by atoms with Gasteiger partial charge in [-0.2, -0.15) is 0 Å². The van der Waals surface area contributed by atoms with Gasteiger partial charge in [0.1, 0.15) is 42.7 Å². The highest BCUT2D eigenvalue weighted by molar-refractivity contribution is 5.81. The Hall–Kier alpha value is -1.13. The molecule has 3 rings (SSSR count). The Labute approximate surface area is 225 Å². The molecule has 17 nitrogen and oxygen atoms in total. The molecule has 2 saturated heterocycles. The van der Waals surface area contributed by atoms with E-state index >= 15 is 0 Å². The topological polar surface area (TPSA) is 317 Å². The summed E-state index contributed by atoms with van der Waals surface area (Å²) in [5.41, 5.74) is 29.4. The van der Waals surface area contributed by atoms with E-state index in [9.17, 15) is 35.4 Å². The van der Waals surface area contributed by atoms with Crippen LogP contribution in [-0.2, 0) is 23.7 Å². The minimum absolute atomic E-state index is 0.00387. The molecule has 17 heteroatoms. The van der Waals surface area contributed by atoms with Crippen molar-refractivity contribution < 1.29 is 54.4 Å². The van der Waals surface area contributed by atoms with E-state index in [2.05, 4.69) is 5.32 Å². The standard InChI is InChI=1S/C22H44N6O11/c23-4-3-9(30)20(35)28-13-15(32)12(27)18(38-21-8(25)2-1-7(5-24)36-21)17(34)19(13)39-22-16(33)11(26)14(31)10(6-29)37-22/h7-19,21-22,29-34H,1-6,23-27H2,(H,28,35)/t7?,8?,9-,10?,11+,12+,13-,14+,15?,16?,17?,18?,19-,21+,22+/m1/s1. The lowest BCUT2D eigenvalue weighted by atomic mass is 9.81. The molecule has 1 aliphatic carbocycles.